The minimum absolute atomic E-state index is 0.732. The van der Waals surface area contributed by atoms with Gasteiger partial charge in [0.15, 0.2) is 0 Å². The number of aryl methyl sites for hydroxylation is 2. The lowest BCUT2D eigenvalue weighted by Gasteiger charge is -2.11. The normalized spacial score (nSPS) is 10.9. The maximum atomic E-state index is 6.25. The minimum atomic E-state index is 0.732. The van der Waals surface area contributed by atoms with Gasteiger partial charge in [-0.25, -0.2) is 0 Å². The van der Waals surface area contributed by atoms with Crippen molar-refractivity contribution in [3.05, 3.63) is 42.5 Å². The van der Waals surface area contributed by atoms with Gasteiger partial charge in [-0.05, 0) is 18.6 Å². The van der Waals surface area contributed by atoms with Crippen LogP contribution >= 0.6 is 0 Å². The molecule has 20 heavy (non-hydrogen) atoms. The fourth-order valence-electron chi connectivity index (χ4n) is 2.35. The van der Waals surface area contributed by atoms with Crippen LogP contribution in [0.15, 0.2) is 36.8 Å². The monoisotopic (exact) mass is 267 g/mol. The predicted molar refractivity (Wildman–Crippen MR) is 82.0 cm³/mol. The summed E-state index contributed by atoms with van der Waals surface area (Å²) in [6, 6.07) is 5.93. The molecular weight excluding hydrogens is 250 g/mol. The Kier molecular flexibility index (Phi) is 3.02. The molecule has 0 aliphatic carbocycles. The van der Waals surface area contributed by atoms with E-state index in [2.05, 4.69) is 22.3 Å². The maximum Gasteiger partial charge on any atom is 0.0856 e. The standard InChI is InChI=1S/C15H17N5/c1-3-12-14(9-20(2)19-12)18-13-5-4-10-8-17-7-6-11(10)15(13)16/h4-9,18H,3,16H2,1-2H3. The molecule has 0 radical (unpaired) electrons. The Morgan fingerprint density at radius 1 is 1.25 bits per heavy atom. The van der Waals surface area contributed by atoms with Crippen LogP contribution in [0.4, 0.5) is 17.1 Å². The van der Waals surface area contributed by atoms with E-state index in [1.54, 1.807) is 6.20 Å². The minimum Gasteiger partial charge on any atom is -0.397 e. The van der Waals surface area contributed by atoms with Gasteiger partial charge in [0, 0.05) is 36.4 Å². The lowest BCUT2D eigenvalue weighted by molar-refractivity contribution is 0.746. The molecular formula is C15H17N5. The van der Waals surface area contributed by atoms with Crippen molar-refractivity contribution >= 4 is 27.8 Å². The lowest BCUT2D eigenvalue weighted by Crippen LogP contribution is -1.98. The smallest absolute Gasteiger partial charge is 0.0856 e. The SMILES string of the molecule is CCc1nn(C)cc1Nc1ccc2cnccc2c1N. The molecule has 102 valence electrons. The van der Waals surface area contributed by atoms with E-state index in [1.165, 1.54) is 0 Å². The number of rotatable bonds is 3. The van der Waals surface area contributed by atoms with Crippen molar-refractivity contribution in [2.24, 2.45) is 7.05 Å². The maximum absolute atomic E-state index is 6.25. The van der Waals surface area contributed by atoms with Gasteiger partial charge in [-0.1, -0.05) is 13.0 Å². The van der Waals surface area contributed by atoms with Gasteiger partial charge >= 0.3 is 0 Å². The van der Waals surface area contributed by atoms with Gasteiger partial charge in [0.25, 0.3) is 0 Å². The first-order valence-electron chi connectivity index (χ1n) is 6.60. The Labute approximate surface area is 117 Å². The third kappa shape index (κ3) is 2.07. The summed E-state index contributed by atoms with van der Waals surface area (Å²) in [6.07, 6.45) is 6.41. The number of fused-ring (bicyclic) bond motifs is 1. The van der Waals surface area contributed by atoms with Crippen molar-refractivity contribution in [1.29, 1.82) is 0 Å². The molecule has 3 aromatic rings. The highest BCUT2D eigenvalue weighted by Gasteiger charge is 2.09. The quantitative estimate of drug-likeness (QED) is 0.716. The highest BCUT2D eigenvalue weighted by atomic mass is 15.3. The molecule has 0 unspecified atom stereocenters. The van der Waals surface area contributed by atoms with E-state index in [0.717, 1.165) is 39.9 Å². The molecule has 5 nitrogen and oxygen atoms in total. The molecule has 0 spiro atoms. The molecule has 0 bridgehead atoms. The number of hydrogen-bond acceptors (Lipinski definition) is 4. The lowest BCUT2D eigenvalue weighted by atomic mass is 10.1. The third-order valence-electron chi connectivity index (χ3n) is 3.37. The van der Waals surface area contributed by atoms with Gasteiger partial charge in [-0.3, -0.25) is 9.67 Å². The summed E-state index contributed by atoms with van der Waals surface area (Å²) in [7, 11) is 1.92. The summed E-state index contributed by atoms with van der Waals surface area (Å²) in [4.78, 5) is 4.11. The zero-order valence-corrected chi connectivity index (χ0v) is 11.6. The summed E-state index contributed by atoms with van der Waals surface area (Å²) in [5, 5.41) is 9.84. The fourth-order valence-corrected chi connectivity index (χ4v) is 2.35. The van der Waals surface area contributed by atoms with Crippen LogP contribution in [-0.2, 0) is 13.5 Å². The van der Waals surface area contributed by atoms with Crippen molar-refractivity contribution in [2.75, 3.05) is 11.1 Å². The van der Waals surface area contributed by atoms with E-state index in [1.807, 2.05) is 42.3 Å². The van der Waals surface area contributed by atoms with Gasteiger partial charge in [0.05, 0.1) is 22.8 Å². The number of hydrogen-bond donors (Lipinski definition) is 2. The molecule has 0 aliphatic rings. The summed E-state index contributed by atoms with van der Waals surface area (Å²) in [6.45, 7) is 2.09. The highest BCUT2D eigenvalue weighted by molar-refractivity contribution is 5.99. The Balaban J connectivity index is 2.04. The molecule has 3 rings (SSSR count). The Morgan fingerprint density at radius 3 is 2.90 bits per heavy atom. The summed E-state index contributed by atoms with van der Waals surface area (Å²) >= 11 is 0. The number of nitrogens with zero attached hydrogens (tertiary/aromatic N) is 3. The number of nitrogen functional groups attached to an aromatic ring is 1. The van der Waals surface area contributed by atoms with Crippen LogP contribution in [0, 0.1) is 0 Å². The third-order valence-corrected chi connectivity index (χ3v) is 3.37. The first-order chi connectivity index (χ1) is 9.69. The summed E-state index contributed by atoms with van der Waals surface area (Å²) in [5.41, 5.74) is 9.90. The van der Waals surface area contributed by atoms with Gasteiger partial charge < -0.3 is 11.1 Å². The fraction of sp³-hybridized carbons (Fsp3) is 0.200. The predicted octanol–water partition coefficient (Wildman–Crippen LogP) is 2.86. The van der Waals surface area contributed by atoms with Crippen LogP contribution in [0.25, 0.3) is 10.8 Å². The number of benzene rings is 1. The number of pyridine rings is 1. The molecule has 1 aromatic carbocycles. The second kappa shape index (κ2) is 4.85. The summed E-state index contributed by atoms with van der Waals surface area (Å²) in [5.74, 6) is 0. The highest BCUT2D eigenvalue weighted by Crippen LogP contribution is 2.31. The molecule has 0 saturated carbocycles. The molecule has 0 fully saturated rings. The Hall–Kier alpha value is -2.56. The molecule has 2 aromatic heterocycles. The van der Waals surface area contributed by atoms with Gasteiger partial charge in [0.1, 0.15) is 0 Å². The average Bonchev–Trinajstić information content (AvgIpc) is 2.82. The Morgan fingerprint density at radius 2 is 2.10 bits per heavy atom. The number of nitrogens with two attached hydrogens (primary N) is 1. The van der Waals surface area contributed by atoms with E-state index in [9.17, 15) is 0 Å². The van der Waals surface area contributed by atoms with Crippen molar-refractivity contribution in [3.63, 3.8) is 0 Å². The average molecular weight is 267 g/mol. The van der Waals surface area contributed by atoms with Crippen LogP contribution in [-0.4, -0.2) is 14.8 Å². The number of nitrogens with one attached hydrogen (secondary N) is 1. The molecule has 0 aliphatic heterocycles. The van der Waals surface area contributed by atoms with E-state index in [4.69, 9.17) is 5.73 Å². The zero-order valence-electron chi connectivity index (χ0n) is 11.6. The van der Waals surface area contributed by atoms with Gasteiger partial charge in [0.2, 0.25) is 0 Å². The molecule has 5 heteroatoms. The van der Waals surface area contributed by atoms with Crippen molar-refractivity contribution < 1.29 is 0 Å². The second-order valence-electron chi connectivity index (χ2n) is 4.77. The van der Waals surface area contributed by atoms with E-state index < -0.39 is 0 Å². The van der Waals surface area contributed by atoms with Crippen LogP contribution in [0.1, 0.15) is 12.6 Å². The number of anilines is 3. The first-order valence-corrected chi connectivity index (χ1v) is 6.60. The first kappa shape index (κ1) is 12.5. The van der Waals surface area contributed by atoms with Crippen LogP contribution in [0.2, 0.25) is 0 Å². The topological polar surface area (TPSA) is 68.8 Å². The molecule has 0 atom stereocenters. The number of aromatic nitrogens is 3. The largest absolute Gasteiger partial charge is 0.397 e. The van der Waals surface area contributed by atoms with Gasteiger partial charge in [-0.15, -0.1) is 0 Å². The van der Waals surface area contributed by atoms with Gasteiger partial charge in [-0.2, -0.15) is 5.10 Å². The van der Waals surface area contributed by atoms with E-state index in [0.29, 0.717) is 0 Å². The van der Waals surface area contributed by atoms with Crippen molar-refractivity contribution in [2.45, 2.75) is 13.3 Å². The van der Waals surface area contributed by atoms with Crippen LogP contribution in [0.3, 0.4) is 0 Å². The zero-order chi connectivity index (χ0) is 14.1. The summed E-state index contributed by atoms with van der Waals surface area (Å²) < 4.78 is 1.81. The van der Waals surface area contributed by atoms with Crippen molar-refractivity contribution in [3.8, 4) is 0 Å². The molecule has 0 saturated heterocycles. The van der Waals surface area contributed by atoms with Crippen molar-refractivity contribution in [1.82, 2.24) is 14.8 Å². The van der Waals surface area contributed by atoms with E-state index in [-0.39, 0.29) is 0 Å². The van der Waals surface area contributed by atoms with Crippen LogP contribution < -0.4 is 11.1 Å². The second-order valence-corrected chi connectivity index (χ2v) is 4.77. The van der Waals surface area contributed by atoms with Crippen LogP contribution in [0.5, 0.6) is 0 Å². The molecule has 0 amide bonds. The Bertz CT molecular complexity index is 760. The molecule has 2 heterocycles. The molecule has 3 N–H and O–H groups in total. The van der Waals surface area contributed by atoms with E-state index >= 15 is 0 Å².